The Labute approximate surface area is 104 Å². The number of halogens is 3. The summed E-state index contributed by atoms with van der Waals surface area (Å²) in [6.07, 6.45) is -4.86. The van der Waals surface area contributed by atoms with Gasteiger partial charge in [0.1, 0.15) is 5.75 Å². The van der Waals surface area contributed by atoms with Crippen molar-refractivity contribution >= 4 is 5.78 Å². The monoisotopic (exact) mass is 260 g/mol. The summed E-state index contributed by atoms with van der Waals surface area (Å²) >= 11 is 0. The number of carbonyl (C=O) groups is 1. The highest BCUT2D eigenvalue weighted by Gasteiger charge is 2.39. The van der Waals surface area contributed by atoms with Crippen LogP contribution in [0.15, 0.2) is 18.2 Å². The standard InChI is InChI=1S/C13H15F3O2/c1-8(2)7-18-11-5-9(3)4-10(6-11)12(17)13(14,15)16/h4-6,8H,7H2,1-3H3. The van der Waals surface area contributed by atoms with Crippen LogP contribution in [0.2, 0.25) is 0 Å². The van der Waals surface area contributed by atoms with Gasteiger partial charge in [-0.15, -0.1) is 0 Å². The first kappa shape index (κ1) is 14.5. The van der Waals surface area contributed by atoms with Crippen molar-refractivity contribution in [2.24, 2.45) is 5.92 Å². The van der Waals surface area contributed by atoms with E-state index in [0.29, 0.717) is 12.2 Å². The second-order valence-corrected chi connectivity index (χ2v) is 4.57. The number of ketones is 1. The molecule has 1 aromatic rings. The minimum Gasteiger partial charge on any atom is -0.493 e. The molecule has 0 spiro atoms. The molecule has 0 saturated heterocycles. The first-order valence-corrected chi connectivity index (χ1v) is 5.56. The Hall–Kier alpha value is -1.52. The number of benzene rings is 1. The fourth-order valence-corrected chi connectivity index (χ4v) is 1.39. The van der Waals surface area contributed by atoms with Gasteiger partial charge in [-0.1, -0.05) is 13.8 Å². The van der Waals surface area contributed by atoms with Crippen LogP contribution in [0, 0.1) is 12.8 Å². The number of aryl methyl sites for hydroxylation is 1. The molecule has 0 heterocycles. The maximum Gasteiger partial charge on any atom is 0.454 e. The van der Waals surface area contributed by atoms with Crippen LogP contribution in [-0.4, -0.2) is 18.6 Å². The normalized spacial score (nSPS) is 11.7. The average molecular weight is 260 g/mol. The van der Waals surface area contributed by atoms with E-state index >= 15 is 0 Å². The zero-order valence-corrected chi connectivity index (χ0v) is 10.5. The molecule has 100 valence electrons. The second kappa shape index (κ2) is 5.42. The van der Waals surface area contributed by atoms with Gasteiger partial charge in [0.05, 0.1) is 6.61 Å². The van der Waals surface area contributed by atoms with Crippen LogP contribution in [-0.2, 0) is 0 Å². The van der Waals surface area contributed by atoms with Crippen LogP contribution in [0.25, 0.3) is 0 Å². The van der Waals surface area contributed by atoms with Crippen molar-refractivity contribution in [3.63, 3.8) is 0 Å². The van der Waals surface area contributed by atoms with Crippen molar-refractivity contribution in [2.75, 3.05) is 6.61 Å². The van der Waals surface area contributed by atoms with Gasteiger partial charge in [-0.05, 0) is 36.6 Å². The van der Waals surface area contributed by atoms with E-state index in [-0.39, 0.29) is 17.2 Å². The van der Waals surface area contributed by atoms with Crippen LogP contribution in [0.4, 0.5) is 13.2 Å². The molecule has 0 aliphatic heterocycles. The van der Waals surface area contributed by atoms with Gasteiger partial charge in [-0.2, -0.15) is 13.2 Å². The Bertz CT molecular complexity index is 436. The molecular weight excluding hydrogens is 245 g/mol. The Balaban J connectivity index is 2.97. The quantitative estimate of drug-likeness (QED) is 0.770. The second-order valence-electron chi connectivity index (χ2n) is 4.57. The van der Waals surface area contributed by atoms with Gasteiger partial charge < -0.3 is 4.74 Å². The lowest BCUT2D eigenvalue weighted by Gasteiger charge is -2.12. The number of hydrogen-bond acceptors (Lipinski definition) is 2. The first-order chi connectivity index (χ1) is 8.20. The minimum atomic E-state index is -4.86. The number of hydrogen-bond donors (Lipinski definition) is 0. The molecule has 1 rings (SSSR count). The van der Waals surface area contributed by atoms with Crippen molar-refractivity contribution < 1.29 is 22.7 Å². The zero-order chi connectivity index (χ0) is 13.9. The van der Waals surface area contributed by atoms with Gasteiger partial charge in [-0.3, -0.25) is 4.79 Å². The summed E-state index contributed by atoms with van der Waals surface area (Å²) in [5.41, 5.74) is 0.171. The highest BCUT2D eigenvalue weighted by Crippen LogP contribution is 2.25. The molecule has 0 saturated carbocycles. The summed E-state index contributed by atoms with van der Waals surface area (Å²) in [6, 6.07) is 3.94. The first-order valence-electron chi connectivity index (χ1n) is 5.56. The maximum absolute atomic E-state index is 12.3. The van der Waals surface area contributed by atoms with E-state index < -0.39 is 12.0 Å². The third kappa shape index (κ3) is 4.05. The number of rotatable bonds is 4. The topological polar surface area (TPSA) is 26.3 Å². The zero-order valence-electron chi connectivity index (χ0n) is 10.5. The molecule has 0 aliphatic rings. The van der Waals surface area contributed by atoms with Gasteiger partial charge in [0.25, 0.3) is 5.78 Å². The van der Waals surface area contributed by atoms with Crippen LogP contribution < -0.4 is 4.74 Å². The summed E-state index contributed by atoms with van der Waals surface area (Å²) in [6.45, 7) is 5.87. The highest BCUT2D eigenvalue weighted by molar-refractivity contribution is 6.00. The molecule has 18 heavy (non-hydrogen) atoms. The van der Waals surface area contributed by atoms with E-state index in [4.69, 9.17) is 4.74 Å². The summed E-state index contributed by atoms with van der Waals surface area (Å²) in [5.74, 6) is -1.30. The van der Waals surface area contributed by atoms with Crippen molar-refractivity contribution in [3.05, 3.63) is 29.3 Å². The molecule has 0 aromatic heterocycles. The van der Waals surface area contributed by atoms with Gasteiger partial charge in [-0.25, -0.2) is 0 Å². The van der Waals surface area contributed by atoms with E-state index in [1.54, 1.807) is 13.0 Å². The molecule has 0 bridgehead atoms. The van der Waals surface area contributed by atoms with Gasteiger partial charge >= 0.3 is 6.18 Å². The molecule has 0 unspecified atom stereocenters. The van der Waals surface area contributed by atoms with E-state index in [2.05, 4.69) is 0 Å². The van der Waals surface area contributed by atoms with Crippen LogP contribution >= 0.6 is 0 Å². The number of carbonyl (C=O) groups excluding carboxylic acids is 1. The van der Waals surface area contributed by atoms with Crippen molar-refractivity contribution in [1.29, 1.82) is 0 Å². The SMILES string of the molecule is Cc1cc(OCC(C)C)cc(C(=O)C(F)(F)F)c1. The smallest absolute Gasteiger partial charge is 0.454 e. The predicted molar refractivity (Wildman–Crippen MR) is 61.9 cm³/mol. The van der Waals surface area contributed by atoms with Crippen LogP contribution in [0.1, 0.15) is 29.8 Å². The molecule has 5 heteroatoms. The van der Waals surface area contributed by atoms with Gasteiger partial charge in [0, 0.05) is 5.56 Å². The van der Waals surface area contributed by atoms with Crippen LogP contribution in [0.3, 0.4) is 0 Å². The Morgan fingerprint density at radius 1 is 1.28 bits per heavy atom. The Morgan fingerprint density at radius 2 is 1.89 bits per heavy atom. The molecule has 2 nitrogen and oxygen atoms in total. The molecular formula is C13H15F3O2. The van der Waals surface area contributed by atoms with Crippen molar-refractivity contribution in [3.8, 4) is 5.75 Å². The van der Waals surface area contributed by atoms with Gasteiger partial charge in [0.15, 0.2) is 0 Å². The highest BCUT2D eigenvalue weighted by atomic mass is 19.4. The van der Waals surface area contributed by atoms with Crippen molar-refractivity contribution in [1.82, 2.24) is 0 Å². The summed E-state index contributed by atoms with van der Waals surface area (Å²) in [7, 11) is 0. The summed E-state index contributed by atoms with van der Waals surface area (Å²) < 4.78 is 42.3. The minimum absolute atomic E-state index is 0.257. The molecule has 1 aromatic carbocycles. The Morgan fingerprint density at radius 3 is 2.39 bits per heavy atom. The molecule has 0 radical (unpaired) electrons. The number of Topliss-reactive ketones (excluding diaryl/α,β-unsaturated/α-hetero) is 1. The summed E-state index contributed by atoms with van der Waals surface area (Å²) in [4.78, 5) is 11.1. The molecule has 0 amide bonds. The van der Waals surface area contributed by atoms with Crippen molar-refractivity contribution in [2.45, 2.75) is 26.9 Å². The molecule has 0 aliphatic carbocycles. The third-order valence-corrected chi connectivity index (χ3v) is 2.15. The lowest BCUT2D eigenvalue weighted by atomic mass is 10.1. The van der Waals surface area contributed by atoms with Gasteiger partial charge in [0.2, 0.25) is 0 Å². The Kier molecular flexibility index (Phi) is 4.38. The van der Waals surface area contributed by atoms with E-state index in [1.807, 2.05) is 13.8 Å². The largest absolute Gasteiger partial charge is 0.493 e. The van der Waals surface area contributed by atoms with E-state index in [1.165, 1.54) is 6.07 Å². The van der Waals surface area contributed by atoms with E-state index in [9.17, 15) is 18.0 Å². The molecule has 0 N–H and O–H groups in total. The average Bonchev–Trinajstić information content (AvgIpc) is 2.23. The number of ether oxygens (including phenoxy) is 1. The molecule has 0 fully saturated rings. The predicted octanol–water partition coefficient (Wildman–Crippen LogP) is 3.77. The fourth-order valence-electron chi connectivity index (χ4n) is 1.39. The maximum atomic E-state index is 12.3. The lowest BCUT2D eigenvalue weighted by Crippen LogP contribution is -2.22. The molecule has 0 atom stereocenters. The third-order valence-electron chi connectivity index (χ3n) is 2.15. The fraction of sp³-hybridized carbons (Fsp3) is 0.462. The lowest BCUT2D eigenvalue weighted by molar-refractivity contribution is -0.0885. The summed E-state index contributed by atoms with van der Waals surface area (Å²) in [5, 5.41) is 0. The van der Waals surface area contributed by atoms with E-state index in [0.717, 1.165) is 6.07 Å². The van der Waals surface area contributed by atoms with Crippen LogP contribution in [0.5, 0.6) is 5.75 Å². The number of alkyl halides is 3.